The zero-order chi connectivity index (χ0) is 16.4. The summed E-state index contributed by atoms with van der Waals surface area (Å²) in [5.41, 5.74) is -4.70. The molecule has 2 unspecified atom stereocenters. The van der Waals surface area contributed by atoms with Gasteiger partial charge in [-0.2, -0.15) is 26.3 Å². The van der Waals surface area contributed by atoms with Crippen LogP contribution in [0.25, 0.3) is 0 Å². The molecule has 0 spiro atoms. The van der Waals surface area contributed by atoms with Gasteiger partial charge in [0.1, 0.15) is 0 Å². The van der Waals surface area contributed by atoms with E-state index in [1.807, 2.05) is 0 Å². The van der Waals surface area contributed by atoms with Crippen LogP contribution in [0.15, 0.2) is 0 Å². The van der Waals surface area contributed by atoms with E-state index in [1.165, 1.54) is 0 Å². The standard InChI is InChI=1S/C8H11F8O3P/c1-18-20(17,19-2)4-6(10,8(14,15)16)3-5(9)7(11,12)13/h5H,3-4H2,1-2H3. The molecule has 0 aromatic rings. The molecule has 0 heterocycles. The highest BCUT2D eigenvalue weighted by molar-refractivity contribution is 7.53. The van der Waals surface area contributed by atoms with Gasteiger partial charge in [0.2, 0.25) is 5.67 Å². The smallest absolute Gasteiger partial charge is 0.312 e. The Balaban J connectivity index is 5.40. The van der Waals surface area contributed by atoms with Crippen molar-refractivity contribution >= 4 is 7.60 Å². The molecule has 0 rings (SSSR count). The van der Waals surface area contributed by atoms with Gasteiger partial charge in [0.15, 0.2) is 6.17 Å². The average Bonchev–Trinajstić information content (AvgIpc) is 2.25. The Bertz CT molecular complexity index is 360. The molecule has 0 saturated carbocycles. The van der Waals surface area contributed by atoms with Crippen LogP contribution in [0, 0.1) is 0 Å². The number of rotatable bonds is 6. The lowest BCUT2D eigenvalue weighted by Gasteiger charge is -2.31. The predicted octanol–water partition coefficient (Wildman–Crippen LogP) is 4.03. The Morgan fingerprint density at radius 1 is 1.00 bits per heavy atom. The van der Waals surface area contributed by atoms with Crippen molar-refractivity contribution in [2.75, 3.05) is 20.4 Å². The van der Waals surface area contributed by atoms with Crippen molar-refractivity contribution in [3.8, 4) is 0 Å². The first kappa shape index (κ1) is 19.6. The molecular formula is C8H11F8O3P. The van der Waals surface area contributed by atoms with Crippen molar-refractivity contribution < 1.29 is 48.7 Å². The normalized spacial score (nSPS) is 18.7. The second-order valence-electron chi connectivity index (χ2n) is 3.81. The highest BCUT2D eigenvalue weighted by atomic mass is 31.2. The van der Waals surface area contributed by atoms with Gasteiger partial charge in [0, 0.05) is 20.6 Å². The molecule has 0 radical (unpaired) electrons. The van der Waals surface area contributed by atoms with Gasteiger partial charge >= 0.3 is 19.9 Å². The molecule has 0 fully saturated rings. The number of hydrogen-bond acceptors (Lipinski definition) is 3. The molecule has 12 heteroatoms. The van der Waals surface area contributed by atoms with Crippen molar-refractivity contribution in [2.45, 2.75) is 30.6 Å². The lowest BCUT2D eigenvalue weighted by atomic mass is 10.00. The first-order chi connectivity index (χ1) is 8.71. The van der Waals surface area contributed by atoms with Crippen molar-refractivity contribution in [1.29, 1.82) is 0 Å². The molecule has 0 aliphatic carbocycles. The molecule has 122 valence electrons. The van der Waals surface area contributed by atoms with Crippen LogP contribution in [0.4, 0.5) is 35.1 Å². The quantitative estimate of drug-likeness (QED) is 0.542. The largest absolute Gasteiger partial charge is 0.423 e. The van der Waals surface area contributed by atoms with E-state index < -0.39 is 44.4 Å². The van der Waals surface area contributed by atoms with Gasteiger partial charge in [0.25, 0.3) is 0 Å². The van der Waals surface area contributed by atoms with E-state index in [-0.39, 0.29) is 0 Å². The lowest BCUT2D eigenvalue weighted by molar-refractivity contribution is -0.248. The van der Waals surface area contributed by atoms with Gasteiger partial charge in [-0.15, -0.1) is 0 Å². The van der Waals surface area contributed by atoms with Crippen LogP contribution < -0.4 is 0 Å². The Hall–Kier alpha value is -0.410. The first-order valence-corrected chi connectivity index (χ1v) is 6.60. The summed E-state index contributed by atoms with van der Waals surface area (Å²) in [4.78, 5) is 0. The first-order valence-electron chi connectivity index (χ1n) is 4.88. The molecule has 3 nitrogen and oxygen atoms in total. The van der Waals surface area contributed by atoms with Gasteiger partial charge < -0.3 is 9.05 Å². The minimum absolute atomic E-state index is 0.623. The fourth-order valence-electron chi connectivity index (χ4n) is 1.18. The van der Waals surface area contributed by atoms with Gasteiger partial charge in [-0.05, 0) is 0 Å². The maximum atomic E-state index is 13.8. The van der Waals surface area contributed by atoms with Crippen LogP contribution in [0.2, 0.25) is 0 Å². The van der Waals surface area contributed by atoms with Crippen molar-refractivity contribution in [3.05, 3.63) is 0 Å². The van der Waals surface area contributed by atoms with E-state index in [4.69, 9.17) is 0 Å². The maximum absolute atomic E-state index is 13.8. The Morgan fingerprint density at radius 3 is 1.65 bits per heavy atom. The van der Waals surface area contributed by atoms with E-state index in [9.17, 15) is 39.7 Å². The molecule has 0 aromatic heterocycles. The molecule has 0 aliphatic rings. The van der Waals surface area contributed by atoms with Crippen molar-refractivity contribution in [3.63, 3.8) is 0 Å². The third-order valence-electron chi connectivity index (χ3n) is 2.37. The molecule has 0 aliphatic heterocycles. The van der Waals surface area contributed by atoms with E-state index in [2.05, 4.69) is 9.05 Å². The summed E-state index contributed by atoms with van der Waals surface area (Å²) in [7, 11) is -3.39. The van der Waals surface area contributed by atoms with E-state index in [1.54, 1.807) is 0 Å². The van der Waals surface area contributed by atoms with Crippen molar-refractivity contribution in [1.82, 2.24) is 0 Å². The molecule has 2 atom stereocenters. The minimum atomic E-state index is -5.88. The van der Waals surface area contributed by atoms with Gasteiger partial charge in [0.05, 0.1) is 6.16 Å². The number of halogens is 8. The van der Waals surface area contributed by atoms with E-state index >= 15 is 0 Å². The highest BCUT2D eigenvalue weighted by Gasteiger charge is 2.62. The van der Waals surface area contributed by atoms with E-state index in [0.717, 1.165) is 0 Å². The molecule has 0 N–H and O–H groups in total. The summed E-state index contributed by atoms with van der Waals surface area (Å²) in [6.07, 6.45) is -20.3. The highest BCUT2D eigenvalue weighted by Crippen LogP contribution is 2.55. The lowest BCUT2D eigenvalue weighted by Crippen LogP contribution is -2.48. The van der Waals surface area contributed by atoms with Gasteiger partial charge in [-0.1, -0.05) is 0 Å². The molecule has 20 heavy (non-hydrogen) atoms. The Labute approximate surface area is 108 Å². The molecule has 0 saturated heterocycles. The number of hydrogen-bond donors (Lipinski definition) is 0. The fraction of sp³-hybridized carbons (Fsp3) is 1.00. The van der Waals surface area contributed by atoms with Crippen LogP contribution in [0.1, 0.15) is 6.42 Å². The Morgan fingerprint density at radius 2 is 1.40 bits per heavy atom. The van der Waals surface area contributed by atoms with Crippen LogP contribution in [0.5, 0.6) is 0 Å². The van der Waals surface area contributed by atoms with Crippen LogP contribution in [0.3, 0.4) is 0 Å². The summed E-state index contributed by atoms with van der Waals surface area (Å²) in [5.74, 6) is 0. The molecule has 0 aromatic carbocycles. The molecule has 0 bridgehead atoms. The summed E-state index contributed by atoms with van der Waals surface area (Å²) >= 11 is 0. The second-order valence-corrected chi connectivity index (χ2v) is 6.08. The predicted molar refractivity (Wildman–Crippen MR) is 52.0 cm³/mol. The SMILES string of the molecule is COP(=O)(CC(F)(CC(F)C(F)(F)F)C(F)(F)F)OC. The summed E-state index contributed by atoms with van der Waals surface area (Å²) in [6.45, 7) is 0. The summed E-state index contributed by atoms with van der Waals surface area (Å²) < 4.78 is 119. The number of alkyl halides is 8. The third-order valence-corrected chi connectivity index (χ3v) is 4.37. The monoisotopic (exact) mass is 338 g/mol. The van der Waals surface area contributed by atoms with Crippen LogP contribution >= 0.6 is 7.60 Å². The van der Waals surface area contributed by atoms with Crippen molar-refractivity contribution in [2.24, 2.45) is 0 Å². The van der Waals surface area contributed by atoms with Gasteiger partial charge in [-0.25, -0.2) is 8.78 Å². The second kappa shape index (κ2) is 6.15. The maximum Gasteiger partial charge on any atom is 0.423 e. The molecule has 0 amide bonds. The molecular weight excluding hydrogens is 327 g/mol. The summed E-state index contributed by atoms with van der Waals surface area (Å²) in [6, 6.07) is 0. The average molecular weight is 338 g/mol. The van der Waals surface area contributed by atoms with Gasteiger partial charge in [-0.3, -0.25) is 4.57 Å². The van der Waals surface area contributed by atoms with E-state index in [0.29, 0.717) is 14.2 Å². The Kier molecular flexibility index (Phi) is 6.02. The van der Waals surface area contributed by atoms with Crippen LogP contribution in [-0.2, 0) is 13.6 Å². The topological polar surface area (TPSA) is 35.5 Å². The summed E-state index contributed by atoms with van der Waals surface area (Å²) in [5, 5.41) is 0. The minimum Gasteiger partial charge on any atom is -0.312 e. The zero-order valence-corrected chi connectivity index (χ0v) is 11.1. The third kappa shape index (κ3) is 4.85. The van der Waals surface area contributed by atoms with Crippen LogP contribution in [-0.4, -0.2) is 44.6 Å². The zero-order valence-electron chi connectivity index (χ0n) is 10.2. The fourth-order valence-corrected chi connectivity index (χ4v) is 2.51.